The van der Waals surface area contributed by atoms with Crippen LogP contribution in [0.3, 0.4) is 0 Å². The highest BCUT2D eigenvalue weighted by atomic mass is 32.2. The van der Waals surface area contributed by atoms with E-state index in [9.17, 15) is 0 Å². The molecule has 0 radical (unpaired) electrons. The highest BCUT2D eigenvalue weighted by Gasteiger charge is 2.51. The standard InChI is InChI=1S/C30H50O2S4Si/c1-7-26(30(35-20-13-21-36-30)24-14-9-8-10-15-24)27(32-37(5,6)28(2,3)4)22-29(33-18-12-19-34-29)17-11-16-25-23-31-25/h8-10,14-15,25-27H,7,11-13,16-23H2,1-6H3/t25-,26-,27+/m0/s1. The quantitative estimate of drug-likeness (QED) is 0.175. The fourth-order valence-corrected chi connectivity index (χ4v) is 14.2. The van der Waals surface area contributed by atoms with Crippen molar-refractivity contribution in [3.63, 3.8) is 0 Å². The van der Waals surface area contributed by atoms with E-state index >= 15 is 0 Å². The van der Waals surface area contributed by atoms with Crippen LogP contribution in [0.4, 0.5) is 0 Å². The molecule has 0 unspecified atom stereocenters. The van der Waals surface area contributed by atoms with Gasteiger partial charge in [0.15, 0.2) is 8.32 Å². The predicted octanol–water partition coefficient (Wildman–Crippen LogP) is 9.65. The van der Waals surface area contributed by atoms with Gasteiger partial charge in [-0.25, -0.2) is 0 Å². The minimum atomic E-state index is -1.96. The molecule has 2 nitrogen and oxygen atoms in total. The molecule has 3 aliphatic heterocycles. The van der Waals surface area contributed by atoms with E-state index in [-0.39, 0.29) is 19.3 Å². The molecule has 0 aromatic heterocycles. The lowest BCUT2D eigenvalue weighted by Gasteiger charge is -2.51. The van der Waals surface area contributed by atoms with Crippen LogP contribution in [0.25, 0.3) is 0 Å². The van der Waals surface area contributed by atoms with E-state index in [1.807, 2.05) is 0 Å². The average Bonchev–Trinajstić information content (AvgIpc) is 3.70. The first kappa shape index (κ1) is 30.7. The zero-order valence-electron chi connectivity index (χ0n) is 24.1. The number of hydrogen-bond acceptors (Lipinski definition) is 6. The van der Waals surface area contributed by atoms with Crippen LogP contribution in [-0.4, -0.2) is 54.2 Å². The Balaban J connectivity index is 1.69. The maximum atomic E-state index is 7.58. The van der Waals surface area contributed by atoms with E-state index in [4.69, 9.17) is 9.16 Å². The molecule has 7 heteroatoms. The molecule has 37 heavy (non-hydrogen) atoms. The summed E-state index contributed by atoms with van der Waals surface area (Å²) in [6.07, 6.45) is 9.60. The van der Waals surface area contributed by atoms with Crippen molar-refractivity contribution in [2.24, 2.45) is 5.92 Å². The molecule has 4 rings (SSSR count). The minimum Gasteiger partial charge on any atom is -0.413 e. The lowest BCUT2D eigenvalue weighted by atomic mass is 9.87. The van der Waals surface area contributed by atoms with Gasteiger partial charge in [-0.15, -0.1) is 47.0 Å². The Hall–Kier alpha value is 0.757. The number of hydrogen-bond donors (Lipinski definition) is 0. The van der Waals surface area contributed by atoms with Crippen molar-refractivity contribution >= 4 is 55.4 Å². The van der Waals surface area contributed by atoms with Crippen molar-refractivity contribution in [3.8, 4) is 0 Å². The molecule has 0 N–H and O–H groups in total. The molecule has 0 amide bonds. The van der Waals surface area contributed by atoms with Gasteiger partial charge in [0.25, 0.3) is 0 Å². The van der Waals surface area contributed by atoms with Gasteiger partial charge in [-0.3, -0.25) is 0 Å². The summed E-state index contributed by atoms with van der Waals surface area (Å²) in [4.78, 5) is 0. The smallest absolute Gasteiger partial charge is 0.192 e. The molecule has 3 aliphatic rings. The molecule has 0 bridgehead atoms. The largest absolute Gasteiger partial charge is 0.413 e. The van der Waals surface area contributed by atoms with E-state index in [2.05, 4.69) is 118 Å². The Morgan fingerprint density at radius 3 is 2.14 bits per heavy atom. The highest BCUT2D eigenvalue weighted by molar-refractivity contribution is 8.19. The summed E-state index contributed by atoms with van der Waals surface area (Å²) in [5, 5.41) is 0.208. The van der Waals surface area contributed by atoms with Crippen molar-refractivity contribution < 1.29 is 9.16 Å². The third-order valence-corrected chi connectivity index (χ3v) is 20.4. The Bertz CT molecular complexity index is 828. The molecule has 3 saturated heterocycles. The van der Waals surface area contributed by atoms with Crippen LogP contribution >= 0.6 is 47.0 Å². The molecular formula is C30H50O2S4Si. The third-order valence-electron chi connectivity index (χ3n) is 8.74. The summed E-state index contributed by atoms with van der Waals surface area (Å²) in [6.45, 7) is 15.6. The summed E-state index contributed by atoms with van der Waals surface area (Å²) in [5.74, 6) is 5.59. The monoisotopic (exact) mass is 598 g/mol. The number of benzene rings is 1. The maximum Gasteiger partial charge on any atom is 0.192 e. The lowest BCUT2D eigenvalue weighted by Crippen LogP contribution is -2.51. The van der Waals surface area contributed by atoms with Crippen molar-refractivity contribution in [2.45, 2.75) is 111 Å². The van der Waals surface area contributed by atoms with Crippen LogP contribution < -0.4 is 0 Å². The number of epoxide rings is 1. The van der Waals surface area contributed by atoms with Gasteiger partial charge in [-0.2, -0.15) is 0 Å². The fourth-order valence-electron chi connectivity index (χ4n) is 5.53. The Morgan fingerprint density at radius 2 is 1.59 bits per heavy atom. The maximum absolute atomic E-state index is 7.58. The van der Waals surface area contributed by atoms with Crippen LogP contribution in [0.15, 0.2) is 30.3 Å². The van der Waals surface area contributed by atoms with E-state index in [1.165, 1.54) is 67.1 Å². The molecule has 1 aromatic rings. The van der Waals surface area contributed by atoms with Crippen molar-refractivity contribution in [2.75, 3.05) is 29.6 Å². The van der Waals surface area contributed by atoms with Crippen LogP contribution in [0.5, 0.6) is 0 Å². The van der Waals surface area contributed by atoms with Gasteiger partial charge in [0.1, 0.15) is 0 Å². The van der Waals surface area contributed by atoms with Gasteiger partial charge < -0.3 is 9.16 Å². The molecule has 3 heterocycles. The van der Waals surface area contributed by atoms with Crippen LogP contribution in [0, 0.1) is 5.92 Å². The second kappa shape index (κ2) is 13.2. The SMILES string of the molecule is CC[C@@H]([C@@H](CC1(CCC[C@H]2CO2)SCCCS1)O[Si](C)(C)C(C)(C)C)C1(c2ccccc2)SCCCS1. The van der Waals surface area contributed by atoms with Gasteiger partial charge in [0.05, 0.1) is 27.0 Å². The Labute approximate surface area is 245 Å². The molecule has 0 aliphatic carbocycles. The second-order valence-electron chi connectivity index (χ2n) is 12.5. The Morgan fingerprint density at radius 1 is 1.00 bits per heavy atom. The van der Waals surface area contributed by atoms with Crippen LogP contribution in [0.1, 0.15) is 78.2 Å². The van der Waals surface area contributed by atoms with Gasteiger partial charge >= 0.3 is 0 Å². The third kappa shape index (κ3) is 7.74. The molecule has 0 spiro atoms. The van der Waals surface area contributed by atoms with E-state index < -0.39 is 8.32 Å². The first-order chi connectivity index (χ1) is 17.6. The van der Waals surface area contributed by atoms with Crippen LogP contribution in [-0.2, 0) is 13.2 Å². The summed E-state index contributed by atoms with van der Waals surface area (Å²) in [6, 6.07) is 11.5. The first-order valence-corrected chi connectivity index (χ1v) is 21.4. The lowest BCUT2D eigenvalue weighted by molar-refractivity contribution is 0.0942. The van der Waals surface area contributed by atoms with Gasteiger partial charge in [0, 0.05) is 5.92 Å². The highest BCUT2D eigenvalue weighted by Crippen LogP contribution is 2.60. The zero-order chi connectivity index (χ0) is 26.6. The zero-order valence-corrected chi connectivity index (χ0v) is 28.3. The predicted molar refractivity (Wildman–Crippen MR) is 174 cm³/mol. The summed E-state index contributed by atoms with van der Waals surface area (Å²) in [7, 11) is -1.96. The van der Waals surface area contributed by atoms with Gasteiger partial charge in [-0.1, -0.05) is 58.0 Å². The molecule has 0 saturated carbocycles. The first-order valence-electron chi connectivity index (χ1n) is 14.5. The van der Waals surface area contributed by atoms with Gasteiger partial charge in [-0.05, 0) is 91.7 Å². The second-order valence-corrected chi connectivity index (χ2v) is 23.4. The fraction of sp³-hybridized carbons (Fsp3) is 0.800. The number of thioether (sulfide) groups is 4. The molecule has 3 atom stereocenters. The minimum absolute atomic E-state index is 0.0777. The molecule has 3 fully saturated rings. The normalized spacial score (nSPS) is 25.4. The summed E-state index contributed by atoms with van der Waals surface area (Å²) < 4.78 is 13.5. The Kier molecular flexibility index (Phi) is 10.9. The van der Waals surface area contributed by atoms with E-state index in [1.54, 1.807) is 0 Å². The summed E-state index contributed by atoms with van der Waals surface area (Å²) in [5.41, 5.74) is 1.50. The molecule has 1 aromatic carbocycles. The van der Waals surface area contributed by atoms with E-state index in [0.717, 1.165) is 13.0 Å². The molecule has 210 valence electrons. The molecular weight excluding hydrogens is 549 g/mol. The van der Waals surface area contributed by atoms with Crippen molar-refractivity contribution in [1.29, 1.82) is 0 Å². The topological polar surface area (TPSA) is 21.8 Å². The van der Waals surface area contributed by atoms with E-state index in [0.29, 0.717) is 12.0 Å². The van der Waals surface area contributed by atoms with Crippen LogP contribution in [0.2, 0.25) is 18.1 Å². The summed E-state index contributed by atoms with van der Waals surface area (Å²) >= 11 is 8.95. The van der Waals surface area contributed by atoms with Crippen molar-refractivity contribution in [1.82, 2.24) is 0 Å². The number of ether oxygens (including phenoxy) is 1. The average molecular weight is 599 g/mol. The van der Waals surface area contributed by atoms with Crippen molar-refractivity contribution in [3.05, 3.63) is 35.9 Å². The van der Waals surface area contributed by atoms with Gasteiger partial charge in [0.2, 0.25) is 0 Å². The number of rotatable bonds is 12.